The van der Waals surface area contributed by atoms with Gasteiger partial charge in [0.25, 0.3) is 5.91 Å². The second kappa shape index (κ2) is 3.97. The van der Waals surface area contributed by atoms with Gasteiger partial charge in [0, 0.05) is 14.1 Å². The van der Waals surface area contributed by atoms with Gasteiger partial charge in [0.15, 0.2) is 10.2 Å². The first-order valence-electron chi connectivity index (χ1n) is 3.94. The van der Waals surface area contributed by atoms with E-state index >= 15 is 0 Å². The highest BCUT2D eigenvalue weighted by molar-refractivity contribution is 9.10. The lowest BCUT2D eigenvalue weighted by molar-refractivity contribution is -0.390. The highest BCUT2D eigenvalue weighted by atomic mass is 79.9. The average Bonchev–Trinajstić information content (AvgIpc) is 2.41. The van der Waals surface area contributed by atoms with Crippen molar-refractivity contribution in [3.05, 3.63) is 20.3 Å². The molecule has 0 aromatic carbocycles. The third-order valence-corrected chi connectivity index (χ3v) is 2.48. The van der Waals surface area contributed by atoms with Gasteiger partial charge in [-0.2, -0.15) is 4.68 Å². The minimum absolute atomic E-state index is 0.105. The summed E-state index contributed by atoms with van der Waals surface area (Å²) >= 11 is 3.00. The van der Waals surface area contributed by atoms with Crippen LogP contribution >= 0.6 is 15.9 Å². The summed E-state index contributed by atoms with van der Waals surface area (Å²) in [5, 5.41) is 14.2. The first-order valence-corrected chi connectivity index (χ1v) is 4.74. The Morgan fingerprint density at radius 2 is 2.13 bits per heavy atom. The summed E-state index contributed by atoms with van der Waals surface area (Å²) in [4.78, 5) is 22.9. The summed E-state index contributed by atoms with van der Waals surface area (Å²) in [6.45, 7) is 0. The Kier molecular flexibility index (Phi) is 3.08. The van der Waals surface area contributed by atoms with Gasteiger partial charge in [-0.25, -0.2) is 0 Å². The lowest BCUT2D eigenvalue weighted by atomic mass is 10.4. The minimum Gasteiger partial charge on any atom is -0.358 e. The first kappa shape index (κ1) is 11.6. The Morgan fingerprint density at radius 1 is 1.60 bits per heavy atom. The van der Waals surface area contributed by atoms with E-state index in [0.717, 1.165) is 0 Å². The average molecular weight is 277 g/mol. The Morgan fingerprint density at radius 3 is 2.47 bits per heavy atom. The molecule has 1 aromatic rings. The van der Waals surface area contributed by atoms with Gasteiger partial charge in [-0.1, -0.05) is 0 Å². The number of hydrogen-bond donors (Lipinski definition) is 0. The normalized spacial score (nSPS) is 10.1. The van der Waals surface area contributed by atoms with Crippen LogP contribution in [-0.4, -0.2) is 39.6 Å². The van der Waals surface area contributed by atoms with Crippen molar-refractivity contribution < 1.29 is 9.72 Å². The van der Waals surface area contributed by atoms with Crippen molar-refractivity contribution in [3.63, 3.8) is 0 Å². The van der Waals surface area contributed by atoms with Crippen LogP contribution in [0.4, 0.5) is 5.82 Å². The van der Waals surface area contributed by atoms with Crippen molar-refractivity contribution in [3.8, 4) is 0 Å². The molecule has 0 spiro atoms. The summed E-state index contributed by atoms with van der Waals surface area (Å²) in [6, 6.07) is 0. The van der Waals surface area contributed by atoms with E-state index in [0.29, 0.717) is 0 Å². The maximum atomic E-state index is 11.6. The van der Waals surface area contributed by atoms with Crippen LogP contribution in [0.1, 0.15) is 10.5 Å². The maximum Gasteiger partial charge on any atom is 0.405 e. The minimum atomic E-state index is -0.642. The molecule has 8 heteroatoms. The number of carbonyl (C=O) groups is 1. The number of aromatic nitrogens is 2. The molecular weight excluding hydrogens is 268 g/mol. The monoisotopic (exact) mass is 276 g/mol. The van der Waals surface area contributed by atoms with Crippen molar-refractivity contribution >= 4 is 27.7 Å². The predicted molar refractivity (Wildman–Crippen MR) is 55.6 cm³/mol. The van der Waals surface area contributed by atoms with Gasteiger partial charge in [0.2, 0.25) is 0 Å². The number of amides is 1. The van der Waals surface area contributed by atoms with E-state index in [1.165, 1.54) is 16.6 Å². The summed E-state index contributed by atoms with van der Waals surface area (Å²) in [5.74, 6) is -0.701. The van der Waals surface area contributed by atoms with E-state index in [1.807, 2.05) is 0 Å². The van der Waals surface area contributed by atoms with Crippen molar-refractivity contribution in [1.82, 2.24) is 14.7 Å². The molecule has 0 aliphatic heterocycles. The molecular formula is C7H9BrN4O3. The number of rotatable bonds is 2. The van der Waals surface area contributed by atoms with E-state index in [4.69, 9.17) is 0 Å². The lowest BCUT2D eigenvalue weighted by Gasteiger charge is -2.08. The second-order valence-corrected chi connectivity index (χ2v) is 3.86. The highest BCUT2D eigenvalue weighted by Gasteiger charge is 2.29. The fourth-order valence-electron chi connectivity index (χ4n) is 1.04. The second-order valence-electron chi connectivity index (χ2n) is 3.07. The molecule has 15 heavy (non-hydrogen) atoms. The molecule has 0 bridgehead atoms. The van der Waals surface area contributed by atoms with Gasteiger partial charge < -0.3 is 15.0 Å². The summed E-state index contributed by atoms with van der Waals surface area (Å²) in [6.07, 6.45) is 0. The smallest absolute Gasteiger partial charge is 0.358 e. The van der Waals surface area contributed by atoms with Crippen LogP contribution in [0, 0.1) is 10.1 Å². The number of hydrogen-bond acceptors (Lipinski definition) is 4. The van der Waals surface area contributed by atoms with E-state index in [-0.39, 0.29) is 21.9 Å². The Bertz CT molecular complexity index is 426. The molecule has 0 N–H and O–H groups in total. The Balaban J connectivity index is 3.31. The van der Waals surface area contributed by atoms with E-state index < -0.39 is 4.92 Å². The molecule has 1 heterocycles. The molecule has 82 valence electrons. The third kappa shape index (κ3) is 1.99. The molecule has 7 nitrogen and oxygen atoms in total. The largest absolute Gasteiger partial charge is 0.405 e. The van der Waals surface area contributed by atoms with Crippen molar-refractivity contribution in [2.24, 2.45) is 7.05 Å². The van der Waals surface area contributed by atoms with Crippen LogP contribution in [0.15, 0.2) is 4.47 Å². The van der Waals surface area contributed by atoms with Crippen LogP contribution < -0.4 is 0 Å². The highest BCUT2D eigenvalue weighted by Crippen LogP contribution is 2.27. The fourth-order valence-corrected chi connectivity index (χ4v) is 1.69. The Labute approximate surface area is 93.9 Å². The van der Waals surface area contributed by atoms with Crippen molar-refractivity contribution in [1.29, 1.82) is 0 Å². The Hall–Kier alpha value is -1.44. The fraction of sp³-hybridized carbons (Fsp3) is 0.429. The van der Waals surface area contributed by atoms with Gasteiger partial charge in [-0.15, -0.1) is 0 Å². The molecule has 0 radical (unpaired) electrons. The van der Waals surface area contributed by atoms with Crippen LogP contribution in [0.3, 0.4) is 0 Å². The summed E-state index contributed by atoms with van der Waals surface area (Å²) in [5.41, 5.74) is 0.159. The van der Waals surface area contributed by atoms with Gasteiger partial charge in [0.1, 0.15) is 0 Å². The van der Waals surface area contributed by atoms with Crippen LogP contribution in [0.25, 0.3) is 0 Å². The molecule has 0 saturated carbocycles. The summed E-state index contributed by atoms with van der Waals surface area (Å²) < 4.78 is 1.29. The molecule has 1 rings (SSSR count). The van der Waals surface area contributed by atoms with Gasteiger partial charge in [-0.05, 0) is 20.9 Å². The van der Waals surface area contributed by atoms with E-state index in [1.54, 1.807) is 14.1 Å². The number of nitro groups is 1. The zero-order valence-electron chi connectivity index (χ0n) is 8.39. The molecule has 0 atom stereocenters. The van der Waals surface area contributed by atoms with Crippen LogP contribution in [0.2, 0.25) is 0 Å². The first-order chi connectivity index (χ1) is 6.86. The topological polar surface area (TPSA) is 81.3 Å². The zero-order chi connectivity index (χ0) is 11.7. The van der Waals surface area contributed by atoms with Crippen LogP contribution in [-0.2, 0) is 7.05 Å². The summed E-state index contributed by atoms with van der Waals surface area (Å²) in [7, 11) is 4.61. The number of carbonyl (C=O) groups excluding carboxylic acids is 1. The zero-order valence-corrected chi connectivity index (χ0v) is 9.98. The molecule has 0 saturated heterocycles. The lowest BCUT2D eigenvalue weighted by Crippen LogP contribution is -2.24. The molecule has 1 amide bonds. The molecule has 0 unspecified atom stereocenters. The molecule has 0 fully saturated rings. The van der Waals surface area contributed by atoms with Gasteiger partial charge in [-0.3, -0.25) is 4.79 Å². The molecule has 0 aliphatic carbocycles. The van der Waals surface area contributed by atoms with Gasteiger partial charge >= 0.3 is 5.82 Å². The number of nitrogens with zero attached hydrogens (tertiary/aromatic N) is 4. The van der Waals surface area contributed by atoms with E-state index in [9.17, 15) is 14.9 Å². The maximum absolute atomic E-state index is 11.6. The van der Waals surface area contributed by atoms with Gasteiger partial charge in [0.05, 0.1) is 12.1 Å². The number of halogens is 1. The SMILES string of the molecule is CN(C)C(=O)c1c(Br)c([N+](=O)[O-])nn1C. The third-order valence-electron chi connectivity index (χ3n) is 1.75. The van der Waals surface area contributed by atoms with Crippen molar-refractivity contribution in [2.45, 2.75) is 0 Å². The van der Waals surface area contributed by atoms with Crippen LogP contribution in [0.5, 0.6) is 0 Å². The predicted octanol–water partition coefficient (Wildman–Crippen LogP) is 0.793. The quantitative estimate of drug-likeness (QED) is 0.591. The van der Waals surface area contributed by atoms with Crippen molar-refractivity contribution in [2.75, 3.05) is 14.1 Å². The number of aryl methyl sites for hydroxylation is 1. The van der Waals surface area contributed by atoms with E-state index in [2.05, 4.69) is 21.0 Å². The standard InChI is InChI=1S/C7H9BrN4O3/c1-10(2)7(13)5-4(8)6(12(14)15)9-11(5)3/h1-3H3. The molecule has 1 aromatic heterocycles. The molecule has 0 aliphatic rings.